The number of rotatable bonds is 6. The summed E-state index contributed by atoms with van der Waals surface area (Å²) in [5.41, 5.74) is 5.67. The number of aromatic nitrogens is 1. The van der Waals surface area contributed by atoms with Gasteiger partial charge in [0.1, 0.15) is 6.61 Å². The van der Waals surface area contributed by atoms with Crippen molar-refractivity contribution in [1.82, 2.24) is 14.8 Å². The lowest BCUT2D eigenvalue weighted by Gasteiger charge is -2.30. The maximum Gasteiger partial charge on any atom is 0.336 e. The molecule has 2 aromatic rings. The van der Waals surface area contributed by atoms with Gasteiger partial charge in [0.05, 0.1) is 24.2 Å². The summed E-state index contributed by atoms with van der Waals surface area (Å²) in [5.74, 6) is -1.45. The van der Waals surface area contributed by atoms with Crippen LogP contribution in [0.2, 0.25) is 0 Å². The van der Waals surface area contributed by atoms with Crippen LogP contribution in [0.15, 0.2) is 65.1 Å². The lowest BCUT2D eigenvalue weighted by molar-refractivity contribution is -0.140. The van der Waals surface area contributed by atoms with Crippen LogP contribution in [0.25, 0.3) is 0 Å². The summed E-state index contributed by atoms with van der Waals surface area (Å²) in [6.45, 7) is 6.29. The van der Waals surface area contributed by atoms with E-state index in [1.807, 2.05) is 55.9 Å². The van der Waals surface area contributed by atoms with Crippen molar-refractivity contribution < 1.29 is 19.1 Å². The van der Waals surface area contributed by atoms with Crippen LogP contribution in [0.5, 0.6) is 0 Å². The van der Waals surface area contributed by atoms with E-state index in [2.05, 4.69) is 22.3 Å². The normalized spacial score (nSPS) is 18.4. The highest BCUT2D eigenvalue weighted by Gasteiger charge is 2.39. The zero-order valence-corrected chi connectivity index (χ0v) is 19.0. The van der Waals surface area contributed by atoms with E-state index in [0.29, 0.717) is 29.1 Å². The monoisotopic (exact) mass is 435 g/mol. The first kappa shape index (κ1) is 21.9. The molecule has 0 saturated heterocycles. The van der Waals surface area contributed by atoms with Crippen LogP contribution in [-0.2, 0) is 39.2 Å². The first-order chi connectivity index (χ1) is 15.4. The second-order valence-electron chi connectivity index (χ2n) is 8.29. The number of fused-ring (bicyclic) bond motifs is 1. The Morgan fingerprint density at radius 1 is 1.00 bits per heavy atom. The van der Waals surface area contributed by atoms with Crippen LogP contribution >= 0.6 is 0 Å². The number of nitrogens with one attached hydrogen (secondary N) is 1. The molecule has 3 heterocycles. The SMILES string of the molecule is COC(=O)C1=C(C)NC(C)=C(C(=O)OCCN2Cc3ccccc3C2)C1c1cccn1C. The van der Waals surface area contributed by atoms with Gasteiger partial charge in [0.15, 0.2) is 0 Å². The number of esters is 2. The minimum absolute atomic E-state index is 0.277. The molecule has 2 aliphatic heterocycles. The first-order valence-corrected chi connectivity index (χ1v) is 10.7. The smallest absolute Gasteiger partial charge is 0.336 e. The van der Waals surface area contributed by atoms with E-state index in [1.54, 1.807) is 0 Å². The lowest BCUT2D eigenvalue weighted by atomic mass is 9.83. The van der Waals surface area contributed by atoms with E-state index in [1.165, 1.54) is 18.2 Å². The molecule has 0 bridgehead atoms. The maximum absolute atomic E-state index is 13.3. The average molecular weight is 436 g/mol. The highest BCUT2D eigenvalue weighted by atomic mass is 16.5. The van der Waals surface area contributed by atoms with E-state index >= 15 is 0 Å². The molecule has 0 fully saturated rings. The molecule has 1 aromatic carbocycles. The van der Waals surface area contributed by atoms with Crippen LogP contribution in [-0.4, -0.2) is 41.7 Å². The molecule has 0 aliphatic carbocycles. The molecule has 4 rings (SSSR count). The van der Waals surface area contributed by atoms with Gasteiger partial charge in [-0.2, -0.15) is 0 Å². The van der Waals surface area contributed by atoms with Gasteiger partial charge in [-0.15, -0.1) is 0 Å². The molecule has 32 heavy (non-hydrogen) atoms. The van der Waals surface area contributed by atoms with Crippen molar-refractivity contribution in [1.29, 1.82) is 0 Å². The molecule has 1 N–H and O–H groups in total. The van der Waals surface area contributed by atoms with Crippen molar-refractivity contribution in [3.63, 3.8) is 0 Å². The second-order valence-corrected chi connectivity index (χ2v) is 8.29. The minimum Gasteiger partial charge on any atom is -0.466 e. The predicted octanol–water partition coefficient (Wildman–Crippen LogP) is 2.99. The summed E-state index contributed by atoms with van der Waals surface area (Å²) < 4.78 is 12.7. The fourth-order valence-electron chi connectivity index (χ4n) is 4.62. The number of ether oxygens (including phenoxy) is 2. The summed E-state index contributed by atoms with van der Waals surface area (Å²) in [4.78, 5) is 28.2. The summed E-state index contributed by atoms with van der Waals surface area (Å²) in [7, 11) is 3.24. The molecule has 2 aliphatic rings. The molecule has 0 spiro atoms. The molecule has 168 valence electrons. The number of carbonyl (C=O) groups excluding carboxylic acids is 2. The van der Waals surface area contributed by atoms with Gasteiger partial charge in [0.2, 0.25) is 0 Å². The van der Waals surface area contributed by atoms with E-state index in [9.17, 15) is 9.59 Å². The van der Waals surface area contributed by atoms with Crippen LogP contribution in [0.4, 0.5) is 0 Å². The second kappa shape index (κ2) is 9.04. The fraction of sp³-hybridized carbons (Fsp3) is 0.360. The molecular formula is C25H29N3O4. The third-order valence-electron chi connectivity index (χ3n) is 6.21. The molecule has 1 atom stereocenters. The topological polar surface area (TPSA) is 72.8 Å². The molecule has 7 heteroatoms. The molecule has 1 unspecified atom stereocenters. The standard InChI is InChI=1S/C25H29N3O4/c1-16-21(24(29)31-4)23(20-10-7-11-27(20)3)22(17(2)26-16)25(30)32-13-12-28-14-18-8-5-6-9-19(18)15-28/h5-11,23,26H,12-15H2,1-4H3. The van der Waals surface area contributed by atoms with Crippen molar-refractivity contribution in [2.75, 3.05) is 20.3 Å². The van der Waals surface area contributed by atoms with Crippen LogP contribution in [0, 0.1) is 0 Å². The van der Waals surface area contributed by atoms with E-state index in [-0.39, 0.29) is 6.61 Å². The predicted molar refractivity (Wildman–Crippen MR) is 120 cm³/mol. The number of allylic oxidation sites excluding steroid dienone is 2. The molecule has 0 radical (unpaired) electrons. The van der Waals surface area contributed by atoms with Gasteiger partial charge >= 0.3 is 11.9 Å². The number of methoxy groups -OCH3 is 1. The third-order valence-corrected chi connectivity index (χ3v) is 6.21. The Bertz CT molecular complexity index is 1090. The Kier molecular flexibility index (Phi) is 6.19. The third kappa shape index (κ3) is 4.08. The average Bonchev–Trinajstić information content (AvgIpc) is 3.37. The Labute approximate surface area is 188 Å². The summed E-state index contributed by atoms with van der Waals surface area (Å²) in [6, 6.07) is 12.2. The Morgan fingerprint density at radius 2 is 1.62 bits per heavy atom. The van der Waals surface area contributed by atoms with Gasteiger partial charge in [-0.3, -0.25) is 4.90 Å². The van der Waals surface area contributed by atoms with E-state index < -0.39 is 17.9 Å². The van der Waals surface area contributed by atoms with E-state index in [4.69, 9.17) is 9.47 Å². The molecule has 0 amide bonds. The largest absolute Gasteiger partial charge is 0.466 e. The van der Waals surface area contributed by atoms with Crippen molar-refractivity contribution in [3.8, 4) is 0 Å². The number of carbonyl (C=O) groups is 2. The zero-order chi connectivity index (χ0) is 22.8. The quantitative estimate of drug-likeness (QED) is 0.704. The van der Waals surface area contributed by atoms with E-state index in [0.717, 1.165) is 18.8 Å². The highest BCUT2D eigenvalue weighted by Crippen LogP contribution is 2.39. The fourth-order valence-corrected chi connectivity index (χ4v) is 4.62. The van der Waals surface area contributed by atoms with Crippen LogP contribution in [0.3, 0.4) is 0 Å². The summed E-state index contributed by atoms with van der Waals surface area (Å²) >= 11 is 0. The van der Waals surface area contributed by atoms with Crippen LogP contribution in [0.1, 0.15) is 36.6 Å². The number of dihydropyridines is 1. The Morgan fingerprint density at radius 3 is 2.19 bits per heavy atom. The Hall–Kier alpha value is -3.32. The van der Waals surface area contributed by atoms with Gasteiger partial charge in [0.25, 0.3) is 0 Å². The van der Waals surface area contributed by atoms with Crippen LogP contribution < -0.4 is 5.32 Å². The molecule has 7 nitrogen and oxygen atoms in total. The van der Waals surface area contributed by atoms with Gasteiger partial charge in [0, 0.05) is 50.0 Å². The van der Waals surface area contributed by atoms with Crippen molar-refractivity contribution >= 4 is 11.9 Å². The van der Waals surface area contributed by atoms with Gasteiger partial charge in [-0.05, 0) is 37.1 Å². The molecule has 1 aromatic heterocycles. The number of hydrogen-bond acceptors (Lipinski definition) is 6. The minimum atomic E-state index is -0.563. The number of nitrogens with zero attached hydrogens (tertiary/aromatic N) is 2. The summed E-state index contributed by atoms with van der Waals surface area (Å²) in [6.07, 6.45) is 1.89. The molecule has 0 saturated carbocycles. The van der Waals surface area contributed by atoms with Crippen molar-refractivity contribution in [2.24, 2.45) is 7.05 Å². The van der Waals surface area contributed by atoms with Gasteiger partial charge < -0.3 is 19.4 Å². The van der Waals surface area contributed by atoms with Crippen molar-refractivity contribution in [3.05, 3.63) is 82.0 Å². The summed E-state index contributed by atoms with van der Waals surface area (Å²) in [5, 5.41) is 3.17. The molecular weight excluding hydrogens is 406 g/mol. The number of aryl methyl sites for hydroxylation is 1. The van der Waals surface area contributed by atoms with Gasteiger partial charge in [-0.1, -0.05) is 24.3 Å². The first-order valence-electron chi connectivity index (χ1n) is 10.7. The maximum atomic E-state index is 13.3. The van der Waals surface area contributed by atoms with Crippen molar-refractivity contribution in [2.45, 2.75) is 32.9 Å². The van der Waals surface area contributed by atoms with Gasteiger partial charge in [-0.25, -0.2) is 9.59 Å². The lowest BCUT2D eigenvalue weighted by Crippen LogP contribution is -2.33. The highest BCUT2D eigenvalue weighted by molar-refractivity contribution is 5.99. The Balaban J connectivity index is 1.51. The zero-order valence-electron chi connectivity index (χ0n) is 19.0. The number of hydrogen-bond donors (Lipinski definition) is 1. The number of benzene rings is 1.